The monoisotopic (exact) mass is 1950 g/mol. The zero-order valence-corrected chi connectivity index (χ0v) is 75.9. The van der Waals surface area contributed by atoms with Gasteiger partial charge in [-0.2, -0.15) is 58.3 Å². The molecule has 0 atom stereocenters. The van der Waals surface area contributed by atoms with Crippen LogP contribution < -0.4 is 32.3 Å². The van der Waals surface area contributed by atoms with Crippen molar-refractivity contribution in [3.63, 3.8) is 0 Å². The predicted molar refractivity (Wildman–Crippen MR) is 256 cm³/mol. The number of non-ortho nitro benzene ring substituents is 1. The van der Waals surface area contributed by atoms with Gasteiger partial charge in [-0.3, -0.25) is 63.7 Å². The van der Waals surface area contributed by atoms with Gasteiger partial charge in [-0.05, 0) is 21.9 Å². The van der Waals surface area contributed by atoms with Gasteiger partial charge < -0.3 is 102 Å². The summed E-state index contributed by atoms with van der Waals surface area (Å²) in [6.45, 7) is 3.86. The van der Waals surface area contributed by atoms with Crippen LogP contribution in [0.5, 0.6) is 17.2 Å². The third-order valence-electron chi connectivity index (χ3n) is 6.77. The number of nitro groups is 1. The van der Waals surface area contributed by atoms with E-state index in [-0.39, 0.29) is 351 Å². The first-order valence-electron chi connectivity index (χ1n) is 17.2. The van der Waals surface area contributed by atoms with Crippen LogP contribution in [0.4, 0.5) is 17.1 Å². The van der Waals surface area contributed by atoms with Crippen molar-refractivity contribution in [2.24, 2.45) is 4.99 Å². The zero-order chi connectivity index (χ0) is 47.3. The van der Waals surface area contributed by atoms with E-state index >= 15 is 0 Å². The van der Waals surface area contributed by atoms with Crippen molar-refractivity contribution in [2.75, 3.05) is 20.0 Å². The summed E-state index contributed by atoms with van der Waals surface area (Å²) < 4.78 is 20.1. The molecule has 3 N–H and O–H groups in total. The Kier molecular flexibility index (Phi) is 71.6. The number of anilines is 1. The summed E-state index contributed by atoms with van der Waals surface area (Å²) in [5.41, 5.74) is 10.2. The van der Waals surface area contributed by atoms with Gasteiger partial charge in [-0.15, -0.1) is 32.7 Å². The van der Waals surface area contributed by atoms with Crippen molar-refractivity contribution in [3.05, 3.63) is 160 Å². The van der Waals surface area contributed by atoms with E-state index in [1.807, 2.05) is 38.1 Å². The number of hydrogen-bond donors (Lipinski definition) is 2. The molecule has 9 aromatic rings. The summed E-state index contributed by atoms with van der Waals surface area (Å²) >= 11 is 19.2. The second-order valence-electron chi connectivity index (χ2n) is 11.3. The molecule has 5 aromatic carbocycles. The number of nitro benzene ring substituents is 1. The number of thiazole rings is 2. The fraction of sp³-hybridized carbons (Fsp3) is 0.0952. The smallest absolute Gasteiger partial charge is 0.354 e. The molecule has 0 aliphatic rings. The number of nitrogens with zero attached hydrogens (tertiary/aromatic N) is 8. The molecule has 76 heavy (non-hydrogen) atoms. The Hall–Kier alpha value is 5.42. The molecule has 0 amide bonds. The molecule has 0 saturated carbocycles. The summed E-state index contributed by atoms with van der Waals surface area (Å²) in [5.74, 6) is 0.912. The van der Waals surface area contributed by atoms with Gasteiger partial charge in [0.05, 0.1) is 14.2 Å². The minimum Gasteiger partial charge on any atom is -1.00 e. The van der Waals surface area contributed by atoms with Crippen LogP contribution in [0.15, 0.2) is 53.5 Å². The molecule has 0 spiro atoms. The number of nitrogen functional groups attached to an aromatic ring is 1. The first-order valence-corrected chi connectivity index (χ1v) is 24.2. The summed E-state index contributed by atoms with van der Waals surface area (Å²) in [4.78, 5) is 22.0. The van der Waals surface area contributed by atoms with Crippen molar-refractivity contribution in [1.82, 2.24) is 18.7 Å². The molecule has 10 radical (unpaired) electrons. The van der Waals surface area contributed by atoms with Gasteiger partial charge in [0.15, 0.2) is 15.2 Å². The van der Waals surface area contributed by atoms with Crippen LogP contribution in [0.1, 0.15) is 21.1 Å². The average molecular weight is 1960 g/mol. The Balaban J connectivity index is -0.000000119. The predicted octanol–water partition coefficient (Wildman–Crippen LogP) is 8.40. The van der Waals surface area contributed by atoms with Gasteiger partial charge in [-0.25, -0.2) is 12.1 Å². The number of fused-ring (bicyclic) bond motifs is 2. The molecule has 0 bridgehead atoms. The van der Waals surface area contributed by atoms with Crippen LogP contribution in [-0.4, -0.2) is 43.0 Å². The first kappa shape index (κ1) is 97.7. The van der Waals surface area contributed by atoms with E-state index in [9.17, 15) is 10.1 Å². The van der Waals surface area contributed by atoms with E-state index in [4.69, 9.17) is 65.6 Å². The number of halogens is 4. The van der Waals surface area contributed by atoms with Crippen LogP contribution in [0.2, 0.25) is 14.6 Å². The summed E-state index contributed by atoms with van der Waals surface area (Å²) in [6, 6.07) is 44.7. The van der Waals surface area contributed by atoms with Crippen molar-refractivity contribution >= 4 is 137 Å². The number of nitrogens with two attached hydrogens (primary N) is 1. The maximum atomic E-state index is 10.1. The van der Waals surface area contributed by atoms with Crippen molar-refractivity contribution < 1.29 is 359 Å². The first-order chi connectivity index (χ1) is 31.2. The molecule has 0 aliphatic carbocycles. The number of hydrogen-bond acceptors (Lipinski definition) is 18. The third kappa shape index (κ3) is 38.0. The number of ether oxygens (including phenoxy) is 2. The van der Waals surface area contributed by atoms with E-state index in [2.05, 4.69) is 84.4 Å². The molecule has 34 heteroatoms. The van der Waals surface area contributed by atoms with E-state index in [0.717, 1.165) is 31.7 Å². The zero-order valence-electron chi connectivity index (χ0n) is 39.6. The Morgan fingerprint density at radius 2 is 1.16 bits per heavy atom. The number of rotatable bonds is 4. The van der Waals surface area contributed by atoms with Crippen LogP contribution in [-0.2, 0) is 327 Å². The molecular formula is C42H23Cl4N9O5S6Y10-10. The van der Waals surface area contributed by atoms with Crippen LogP contribution >= 0.6 is 99.2 Å². The van der Waals surface area contributed by atoms with Crippen LogP contribution in [0, 0.1) is 107 Å². The summed E-state index contributed by atoms with van der Waals surface area (Å²) in [5, 5.41) is 38.0. The van der Waals surface area contributed by atoms with E-state index in [1.54, 1.807) is 31.4 Å². The molecular weight excluding hydrogens is 1930 g/mol. The Morgan fingerprint density at radius 3 is 1.55 bits per heavy atom. The van der Waals surface area contributed by atoms with Crippen molar-refractivity contribution in [1.29, 1.82) is 10.5 Å². The molecule has 9 rings (SSSR count). The molecule has 370 valence electrons. The minimum absolute atomic E-state index is 0. The van der Waals surface area contributed by atoms with Crippen LogP contribution in [0.3, 0.4) is 0 Å². The van der Waals surface area contributed by atoms with Gasteiger partial charge in [0.1, 0.15) is 16.8 Å². The molecule has 0 aliphatic heterocycles. The molecule has 0 saturated heterocycles. The van der Waals surface area contributed by atoms with Crippen LogP contribution in [0.25, 0.3) is 20.4 Å². The second kappa shape index (κ2) is 55.7. The van der Waals surface area contributed by atoms with E-state index in [0.29, 0.717) is 52.1 Å². The third-order valence-corrected chi connectivity index (χ3v) is 13.6. The standard InChI is InChI=1S/C9H5ClN2S2.C9H4N2S.C8H2N2OS.C7H5NO3.C7H7NO.C2Cl2NS2.ClH.10Y/c1-6-2-4-7(5-3-6)11-9-8(10)12-14-13-9;1-6-2-3-7-8(4-6)12-9(5-10)11-7;9-4-8-10-6-2-1-5(11)3-7(6)12-8;1-11-7-4-2-6(3-5-7)8(9)10;1-9-7-4-2-6(8)3-5-7;3-1-2(4)6-7-5-1;;;;;;;;;;;/h4-5H,1H3;3H,1H3;2,11H;2-3H,1H3;2-3H,8H2,1H3;;1H;;;;;;;;;;/q5*-2;+1;;;;;;;;;;;/p-1. The number of aromatic nitrogens is 4. The van der Waals surface area contributed by atoms with Crippen molar-refractivity contribution in [2.45, 2.75) is 13.8 Å². The number of nitriles is 2. The number of methoxy groups -OCH3 is 2. The number of benzene rings is 5. The normalized spacial score (nSPS) is 8.62. The van der Waals surface area contributed by atoms with Gasteiger partial charge in [-0.1, -0.05) is 42.0 Å². The van der Waals surface area contributed by atoms with Gasteiger partial charge in [0.2, 0.25) is 5.15 Å². The fourth-order valence-electron chi connectivity index (χ4n) is 3.89. The quantitative estimate of drug-likeness (QED) is 0.0424. The maximum Gasteiger partial charge on any atom is 0.354 e. The van der Waals surface area contributed by atoms with Crippen molar-refractivity contribution in [3.8, 4) is 29.4 Å². The topological polar surface area (TPSA) is 219 Å². The molecule has 0 fully saturated rings. The minimum atomic E-state index is -0.508. The number of phenols is 1. The molecule has 4 aromatic heterocycles. The molecule has 4 heterocycles. The second-order valence-corrected chi connectivity index (χ2v) is 18.3. The maximum absolute atomic E-state index is 10.1. The number of phenolic OH excluding ortho intramolecular Hbond substituents is 1. The summed E-state index contributed by atoms with van der Waals surface area (Å²) in [6.07, 6.45) is 0. The summed E-state index contributed by atoms with van der Waals surface area (Å²) in [7, 11) is 8.47. The number of aryl methyl sites for hydroxylation is 2. The number of aromatic hydroxyl groups is 1. The molecule has 0 unspecified atom stereocenters. The largest absolute Gasteiger partial charge is 1.00 e. The van der Waals surface area contributed by atoms with Gasteiger partial charge in [0.25, 0.3) is 10.5 Å². The Labute approximate surface area is 736 Å². The van der Waals surface area contributed by atoms with E-state index in [1.165, 1.54) is 83.7 Å². The Morgan fingerprint density at radius 1 is 0.697 bits per heavy atom. The fourth-order valence-corrected chi connectivity index (χ4v) is 9.44. The van der Waals surface area contributed by atoms with Gasteiger partial charge >= 0.3 is 14.7 Å². The Bertz CT molecular complexity index is 3010. The molecule has 14 nitrogen and oxygen atoms in total. The van der Waals surface area contributed by atoms with Gasteiger partial charge in [0, 0.05) is 343 Å². The average Bonchev–Trinajstić information content (AvgIpc) is 4.12. The SMILES string of the molecule is COc1[c-]cc(N)c[c-]1.COc1[c-]cc([N+](=O)[O-])c[c-]1.Cc1[c-]cc(N=c2ssnc2Cl)c[c-]1.Cc1[c-]cc2nc(C#N)sc2[c-]1.Clc1ns[s+]c1Cl.N#Cc1nc2c[c-]c(O)[c-]c2s1.[Cl-].[Y].[Y].[Y].[Y].[Y].[Y].[Y].[Y].[Y].[Y]. The van der Waals surface area contributed by atoms with E-state index < -0.39 is 4.92 Å².